The minimum absolute atomic E-state index is 0.321. The number of imidazole rings is 1. The maximum Gasteiger partial charge on any atom is 0.120 e. The van der Waals surface area contributed by atoms with Crippen LogP contribution in [-0.2, 0) is 0 Å². The molecule has 2 aromatic rings. The second kappa shape index (κ2) is 4.42. The van der Waals surface area contributed by atoms with Crippen LogP contribution in [0.1, 0.15) is 48.8 Å². The van der Waals surface area contributed by atoms with Crippen LogP contribution in [0.3, 0.4) is 0 Å². The largest absolute Gasteiger partial charge is 0.387 e. The normalized spacial score (nSPS) is 19.9. The lowest BCUT2D eigenvalue weighted by molar-refractivity contribution is 0.0801. The number of nitrogens with zero attached hydrogens (tertiary/aromatic N) is 2. The summed E-state index contributed by atoms with van der Waals surface area (Å²) < 4.78 is 2.05. The van der Waals surface area contributed by atoms with Gasteiger partial charge in [0.25, 0.3) is 0 Å². The summed E-state index contributed by atoms with van der Waals surface area (Å²) in [5, 5.41) is 10.6. The number of hydrogen-bond acceptors (Lipinski definition) is 3. The fraction of sp³-hybridized carbons (Fsp3) is 0.615. The first-order valence-corrected chi connectivity index (χ1v) is 7.18. The van der Waals surface area contributed by atoms with E-state index in [1.807, 2.05) is 12.5 Å². The molecule has 1 N–H and O–H groups in total. The summed E-state index contributed by atoms with van der Waals surface area (Å²) >= 11 is 1.72. The average molecular weight is 250 g/mol. The Bertz CT molecular complexity index is 510. The predicted octanol–water partition coefficient (Wildman–Crippen LogP) is 3.32. The van der Waals surface area contributed by atoms with Gasteiger partial charge in [0.1, 0.15) is 11.2 Å². The second-order valence-electron chi connectivity index (χ2n) is 4.99. The number of aliphatic hydroxyl groups excluding tert-OH is 1. The summed E-state index contributed by atoms with van der Waals surface area (Å²) in [7, 11) is 0. The van der Waals surface area contributed by atoms with E-state index in [2.05, 4.69) is 16.3 Å². The van der Waals surface area contributed by atoms with E-state index in [0.717, 1.165) is 23.4 Å². The molecule has 2 aromatic heterocycles. The van der Waals surface area contributed by atoms with Crippen LogP contribution in [0.15, 0.2) is 12.5 Å². The van der Waals surface area contributed by atoms with Crippen molar-refractivity contribution in [2.24, 2.45) is 5.92 Å². The maximum atomic E-state index is 10.6. The van der Waals surface area contributed by atoms with E-state index in [1.54, 1.807) is 11.3 Å². The van der Waals surface area contributed by atoms with Gasteiger partial charge in [0.2, 0.25) is 0 Å². The molecule has 0 bridgehead atoms. The molecule has 1 atom stereocenters. The SMILES string of the molecule is Cc1sc2cncn2c1[C@@H](O)C1CCCCC1. The standard InChI is InChI=1S/C13H18N2OS/c1-9-12(15-8-14-7-11(15)17-9)13(16)10-5-3-2-4-6-10/h7-8,10,13,16H,2-6H2,1H3/t13-/m0/s1. The molecular weight excluding hydrogens is 232 g/mol. The lowest BCUT2D eigenvalue weighted by Gasteiger charge is -2.26. The Morgan fingerprint density at radius 2 is 2.18 bits per heavy atom. The van der Waals surface area contributed by atoms with Crippen molar-refractivity contribution in [1.29, 1.82) is 0 Å². The van der Waals surface area contributed by atoms with Crippen LogP contribution in [0.2, 0.25) is 0 Å². The minimum atomic E-state index is -0.321. The van der Waals surface area contributed by atoms with E-state index in [0.29, 0.717) is 5.92 Å². The Labute approximate surface area is 105 Å². The monoisotopic (exact) mass is 250 g/mol. The quantitative estimate of drug-likeness (QED) is 0.887. The highest BCUT2D eigenvalue weighted by molar-refractivity contribution is 7.17. The summed E-state index contributed by atoms with van der Waals surface area (Å²) in [6.45, 7) is 2.10. The van der Waals surface area contributed by atoms with E-state index in [-0.39, 0.29) is 6.10 Å². The average Bonchev–Trinajstić information content (AvgIpc) is 2.89. The number of thiazole rings is 1. The zero-order chi connectivity index (χ0) is 11.8. The molecule has 4 heteroatoms. The van der Waals surface area contributed by atoms with Crippen molar-refractivity contribution in [3.05, 3.63) is 23.1 Å². The van der Waals surface area contributed by atoms with Gasteiger partial charge in [0.05, 0.1) is 18.0 Å². The number of aryl methyl sites for hydroxylation is 1. The van der Waals surface area contributed by atoms with Crippen molar-refractivity contribution in [1.82, 2.24) is 9.38 Å². The number of hydrogen-bond donors (Lipinski definition) is 1. The van der Waals surface area contributed by atoms with Crippen molar-refractivity contribution >= 4 is 16.2 Å². The molecule has 0 unspecified atom stereocenters. The lowest BCUT2D eigenvalue weighted by atomic mass is 9.84. The molecule has 0 radical (unpaired) electrons. The predicted molar refractivity (Wildman–Crippen MR) is 69.3 cm³/mol. The zero-order valence-corrected chi connectivity index (χ0v) is 10.9. The van der Waals surface area contributed by atoms with Gasteiger partial charge in [-0.15, -0.1) is 11.3 Å². The van der Waals surface area contributed by atoms with Crippen molar-refractivity contribution in [3.8, 4) is 0 Å². The molecule has 17 heavy (non-hydrogen) atoms. The molecular formula is C13H18N2OS. The first-order valence-electron chi connectivity index (χ1n) is 6.37. The van der Waals surface area contributed by atoms with Gasteiger partial charge in [-0.25, -0.2) is 4.98 Å². The molecule has 3 nitrogen and oxygen atoms in total. The van der Waals surface area contributed by atoms with Crippen molar-refractivity contribution in [2.75, 3.05) is 0 Å². The highest BCUT2D eigenvalue weighted by atomic mass is 32.1. The van der Waals surface area contributed by atoms with Crippen molar-refractivity contribution in [3.63, 3.8) is 0 Å². The third-order valence-electron chi connectivity index (χ3n) is 3.86. The Morgan fingerprint density at radius 1 is 1.41 bits per heavy atom. The van der Waals surface area contributed by atoms with Crippen LogP contribution < -0.4 is 0 Å². The van der Waals surface area contributed by atoms with Gasteiger partial charge >= 0.3 is 0 Å². The van der Waals surface area contributed by atoms with Gasteiger partial charge in [-0.1, -0.05) is 19.3 Å². The number of rotatable bonds is 2. The molecule has 1 fully saturated rings. The zero-order valence-electron chi connectivity index (χ0n) is 10.1. The number of aromatic nitrogens is 2. The number of fused-ring (bicyclic) bond motifs is 1. The molecule has 1 aliphatic rings. The van der Waals surface area contributed by atoms with Crippen LogP contribution in [0.4, 0.5) is 0 Å². The Morgan fingerprint density at radius 3 is 2.94 bits per heavy atom. The first kappa shape index (κ1) is 11.2. The fourth-order valence-corrected chi connectivity index (χ4v) is 3.94. The smallest absolute Gasteiger partial charge is 0.120 e. The summed E-state index contributed by atoms with van der Waals surface area (Å²) in [4.78, 5) is 6.51. The van der Waals surface area contributed by atoms with Gasteiger partial charge in [-0.2, -0.15) is 0 Å². The number of aliphatic hydroxyl groups is 1. The molecule has 0 amide bonds. The second-order valence-corrected chi connectivity index (χ2v) is 6.22. The Kier molecular flexibility index (Phi) is 2.92. The van der Waals surface area contributed by atoms with Crippen molar-refractivity contribution < 1.29 is 5.11 Å². The van der Waals surface area contributed by atoms with Crippen LogP contribution in [0, 0.1) is 12.8 Å². The minimum Gasteiger partial charge on any atom is -0.387 e. The summed E-state index contributed by atoms with van der Waals surface area (Å²) in [6.07, 6.45) is 9.54. The Balaban J connectivity index is 1.95. The van der Waals surface area contributed by atoms with Gasteiger partial charge in [0.15, 0.2) is 0 Å². The summed E-state index contributed by atoms with van der Waals surface area (Å²) in [6, 6.07) is 0. The highest BCUT2D eigenvalue weighted by Gasteiger charge is 2.27. The van der Waals surface area contributed by atoms with E-state index in [4.69, 9.17) is 0 Å². The van der Waals surface area contributed by atoms with Crippen LogP contribution >= 0.6 is 11.3 Å². The molecule has 0 saturated heterocycles. The van der Waals surface area contributed by atoms with E-state index < -0.39 is 0 Å². The molecule has 92 valence electrons. The van der Waals surface area contributed by atoms with Gasteiger partial charge < -0.3 is 5.11 Å². The fourth-order valence-electron chi connectivity index (χ4n) is 2.94. The highest BCUT2D eigenvalue weighted by Crippen LogP contribution is 2.37. The summed E-state index contributed by atoms with van der Waals surface area (Å²) in [5.41, 5.74) is 1.06. The van der Waals surface area contributed by atoms with Gasteiger partial charge in [-0.05, 0) is 25.7 Å². The van der Waals surface area contributed by atoms with Gasteiger partial charge in [-0.3, -0.25) is 4.40 Å². The molecule has 0 aromatic carbocycles. The molecule has 1 aliphatic carbocycles. The van der Waals surface area contributed by atoms with E-state index in [9.17, 15) is 5.11 Å². The van der Waals surface area contributed by atoms with E-state index in [1.165, 1.54) is 24.1 Å². The molecule has 0 aliphatic heterocycles. The third kappa shape index (κ3) is 1.89. The van der Waals surface area contributed by atoms with E-state index >= 15 is 0 Å². The first-order chi connectivity index (χ1) is 8.27. The third-order valence-corrected chi connectivity index (χ3v) is 4.89. The molecule has 0 spiro atoms. The molecule has 3 rings (SSSR count). The molecule has 1 saturated carbocycles. The topological polar surface area (TPSA) is 37.5 Å². The lowest BCUT2D eigenvalue weighted by Crippen LogP contribution is -2.17. The summed E-state index contributed by atoms with van der Waals surface area (Å²) in [5.74, 6) is 0.433. The van der Waals surface area contributed by atoms with Crippen LogP contribution in [0.25, 0.3) is 4.83 Å². The van der Waals surface area contributed by atoms with Crippen LogP contribution in [0.5, 0.6) is 0 Å². The Hall–Kier alpha value is -0.870. The van der Waals surface area contributed by atoms with Crippen molar-refractivity contribution in [2.45, 2.75) is 45.1 Å². The van der Waals surface area contributed by atoms with Gasteiger partial charge in [0, 0.05) is 4.88 Å². The molecule has 2 heterocycles. The maximum absolute atomic E-state index is 10.6. The van der Waals surface area contributed by atoms with Crippen LogP contribution in [-0.4, -0.2) is 14.5 Å².